The summed E-state index contributed by atoms with van der Waals surface area (Å²) in [6.07, 6.45) is 5.05. The highest BCUT2D eigenvalue weighted by molar-refractivity contribution is 5.80. The van der Waals surface area contributed by atoms with Gasteiger partial charge in [0.2, 0.25) is 0 Å². The average Bonchev–Trinajstić information content (AvgIpc) is 2.88. The molecule has 100 valence electrons. The summed E-state index contributed by atoms with van der Waals surface area (Å²) >= 11 is 0. The highest BCUT2D eigenvalue weighted by atomic mass is 16.3. The highest BCUT2D eigenvalue weighted by Gasteiger charge is 2.21. The third kappa shape index (κ3) is 2.43. The molecule has 1 aromatic heterocycles. The molecule has 1 aromatic carbocycles. The van der Waals surface area contributed by atoms with Gasteiger partial charge in [0.05, 0.1) is 6.26 Å². The molecular formula is C15H19N3O. The van der Waals surface area contributed by atoms with Gasteiger partial charge in [0.15, 0.2) is 5.96 Å². The van der Waals surface area contributed by atoms with Gasteiger partial charge in [0.1, 0.15) is 5.58 Å². The Hall–Kier alpha value is -1.97. The summed E-state index contributed by atoms with van der Waals surface area (Å²) in [5.74, 6) is 0.745. The van der Waals surface area contributed by atoms with Gasteiger partial charge in [-0.05, 0) is 36.8 Å². The van der Waals surface area contributed by atoms with Crippen LogP contribution in [-0.4, -0.2) is 23.9 Å². The Morgan fingerprint density at radius 3 is 3.16 bits per heavy atom. The third-order valence-electron chi connectivity index (χ3n) is 3.93. The van der Waals surface area contributed by atoms with Gasteiger partial charge < -0.3 is 15.1 Å². The smallest absolute Gasteiger partial charge is 0.188 e. The van der Waals surface area contributed by atoms with E-state index in [-0.39, 0.29) is 5.96 Å². The van der Waals surface area contributed by atoms with E-state index in [1.165, 1.54) is 12.0 Å². The highest BCUT2D eigenvalue weighted by Crippen LogP contribution is 2.26. The van der Waals surface area contributed by atoms with Crippen LogP contribution >= 0.6 is 0 Å². The van der Waals surface area contributed by atoms with Crippen molar-refractivity contribution in [2.75, 3.05) is 13.1 Å². The summed E-state index contributed by atoms with van der Waals surface area (Å²) in [5, 5.41) is 8.71. The number of para-hydroxylation sites is 1. The van der Waals surface area contributed by atoms with Gasteiger partial charge in [0.25, 0.3) is 0 Å². The van der Waals surface area contributed by atoms with Crippen LogP contribution in [0.2, 0.25) is 0 Å². The van der Waals surface area contributed by atoms with Gasteiger partial charge in [-0.2, -0.15) is 0 Å². The maximum absolute atomic E-state index is 7.55. The summed E-state index contributed by atoms with van der Waals surface area (Å²) in [6, 6.07) is 8.30. The second kappa shape index (κ2) is 4.96. The van der Waals surface area contributed by atoms with E-state index in [1.807, 2.05) is 11.0 Å². The number of furan rings is 1. The molecule has 0 amide bonds. The molecule has 1 aliphatic heterocycles. The van der Waals surface area contributed by atoms with E-state index in [9.17, 15) is 0 Å². The van der Waals surface area contributed by atoms with Crippen LogP contribution in [0, 0.1) is 11.3 Å². The molecule has 2 aromatic rings. The molecule has 3 rings (SSSR count). The van der Waals surface area contributed by atoms with Crippen LogP contribution in [0.1, 0.15) is 18.4 Å². The van der Waals surface area contributed by atoms with Crippen molar-refractivity contribution in [2.45, 2.75) is 19.3 Å². The van der Waals surface area contributed by atoms with Crippen LogP contribution in [0.3, 0.4) is 0 Å². The maximum atomic E-state index is 7.55. The van der Waals surface area contributed by atoms with Gasteiger partial charge in [-0.1, -0.05) is 18.2 Å². The van der Waals surface area contributed by atoms with Gasteiger partial charge in [0, 0.05) is 18.5 Å². The van der Waals surface area contributed by atoms with Crippen molar-refractivity contribution < 1.29 is 4.42 Å². The number of guanidine groups is 1. The number of hydrogen-bond acceptors (Lipinski definition) is 2. The normalized spacial score (nSPS) is 19.8. The molecule has 1 aliphatic rings. The Bertz CT molecular complexity index is 590. The zero-order valence-electron chi connectivity index (χ0n) is 10.9. The summed E-state index contributed by atoms with van der Waals surface area (Å²) in [6.45, 7) is 1.79. The molecule has 1 unspecified atom stereocenters. The van der Waals surface area contributed by atoms with Crippen LogP contribution in [0.4, 0.5) is 0 Å². The Morgan fingerprint density at radius 2 is 2.32 bits per heavy atom. The third-order valence-corrected chi connectivity index (χ3v) is 3.93. The number of benzene rings is 1. The topological polar surface area (TPSA) is 66.2 Å². The zero-order valence-corrected chi connectivity index (χ0v) is 10.9. The van der Waals surface area contributed by atoms with Crippen molar-refractivity contribution in [2.24, 2.45) is 11.7 Å². The lowest BCUT2D eigenvalue weighted by molar-refractivity contribution is 0.254. The Labute approximate surface area is 112 Å². The van der Waals surface area contributed by atoms with Gasteiger partial charge in [-0.15, -0.1) is 0 Å². The van der Waals surface area contributed by atoms with Crippen LogP contribution in [0.25, 0.3) is 11.0 Å². The lowest BCUT2D eigenvalue weighted by Gasteiger charge is -2.33. The molecule has 1 atom stereocenters. The van der Waals surface area contributed by atoms with Crippen molar-refractivity contribution >= 4 is 16.9 Å². The summed E-state index contributed by atoms with van der Waals surface area (Å²) < 4.78 is 5.58. The lowest BCUT2D eigenvalue weighted by atomic mass is 9.91. The molecule has 0 saturated carbocycles. The van der Waals surface area contributed by atoms with E-state index < -0.39 is 0 Å². The van der Waals surface area contributed by atoms with E-state index in [0.717, 1.165) is 36.9 Å². The Morgan fingerprint density at radius 1 is 1.42 bits per heavy atom. The lowest BCUT2D eigenvalue weighted by Crippen LogP contribution is -2.43. The molecule has 19 heavy (non-hydrogen) atoms. The number of rotatable bonds is 2. The zero-order chi connectivity index (χ0) is 13.2. The number of hydrogen-bond donors (Lipinski definition) is 2. The number of nitrogens with two attached hydrogens (primary N) is 1. The first-order valence-corrected chi connectivity index (χ1v) is 6.78. The van der Waals surface area contributed by atoms with Crippen molar-refractivity contribution in [1.29, 1.82) is 5.41 Å². The van der Waals surface area contributed by atoms with Gasteiger partial charge in [-0.25, -0.2) is 0 Å². The first-order valence-electron chi connectivity index (χ1n) is 6.78. The predicted octanol–water partition coefficient (Wildman–Crippen LogP) is 2.58. The van der Waals surface area contributed by atoms with E-state index in [4.69, 9.17) is 15.6 Å². The predicted molar refractivity (Wildman–Crippen MR) is 76.1 cm³/mol. The standard InChI is InChI=1S/C15H19N3O/c16-15(17)18-7-2-3-11(10-18)9-13-5-1-4-12-6-8-19-14(12)13/h1,4-6,8,11H,2-3,7,9-10H2,(H3,16,17). The molecule has 0 aliphatic carbocycles. The second-order valence-corrected chi connectivity index (χ2v) is 5.30. The van der Waals surface area contributed by atoms with Crippen molar-refractivity contribution in [3.63, 3.8) is 0 Å². The largest absolute Gasteiger partial charge is 0.464 e. The molecule has 2 heterocycles. The quantitative estimate of drug-likeness (QED) is 0.642. The van der Waals surface area contributed by atoms with Crippen LogP contribution in [-0.2, 0) is 6.42 Å². The van der Waals surface area contributed by atoms with Crippen LogP contribution in [0.15, 0.2) is 34.9 Å². The molecule has 4 nitrogen and oxygen atoms in total. The molecule has 4 heteroatoms. The summed E-state index contributed by atoms with van der Waals surface area (Å²) in [5.41, 5.74) is 7.85. The van der Waals surface area contributed by atoms with Crippen molar-refractivity contribution in [1.82, 2.24) is 4.90 Å². The second-order valence-electron chi connectivity index (χ2n) is 5.30. The Kier molecular flexibility index (Phi) is 3.15. The van der Waals surface area contributed by atoms with E-state index in [2.05, 4.69) is 18.2 Å². The van der Waals surface area contributed by atoms with E-state index in [1.54, 1.807) is 6.26 Å². The van der Waals surface area contributed by atoms with Gasteiger partial charge >= 0.3 is 0 Å². The molecule has 0 radical (unpaired) electrons. The molecule has 0 spiro atoms. The fraction of sp³-hybridized carbons (Fsp3) is 0.400. The van der Waals surface area contributed by atoms with Crippen LogP contribution in [0.5, 0.6) is 0 Å². The maximum Gasteiger partial charge on any atom is 0.188 e. The molecule has 0 bridgehead atoms. The summed E-state index contributed by atoms with van der Waals surface area (Å²) in [7, 11) is 0. The van der Waals surface area contributed by atoms with E-state index in [0.29, 0.717) is 5.92 Å². The molecule has 1 saturated heterocycles. The minimum absolute atomic E-state index is 0.195. The monoisotopic (exact) mass is 257 g/mol. The van der Waals surface area contributed by atoms with E-state index >= 15 is 0 Å². The number of nitrogens with one attached hydrogen (secondary N) is 1. The first-order chi connectivity index (χ1) is 9.24. The minimum Gasteiger partial charge on any atom is -0.464 e. The molecular weight excluding hydrogens is 238 g/mol. The Balaban J connectivity index is 1.77. The average molecular weight is 257 g/mol. The molecule has 1 fully saturated rings. The van der Waals surface area contributed by atoms with Crippen molar-refractivity contribution in [3.05, 3.63) is 36.1 Å². The minimum atomic E-state index is 0.195. The SMILES string of the molecule is N=C(N)N1CCCC(Cc2cccc3ccoc23)C1. The fourth-order valence-electron chi connectivity index (χ4n) is 2.98. The number of piperidine rings is 1. The van der Waals surface area contributed by atoms with Crippen molar-refractivity contribution in [3.8, 4) is 0 Å². The number of likely N-dealkylation sites (tertiary alicyclic amines) is 1. The molecule has 3 N–H and O–H groups in total. The summed E-state index contributed by atoms with van der Waals surface area (Å²) in [4.78, 5) is 1.97. The first kappa shape index (κ1) is 12.1. The number of nitrogens with zero attached hydrogens (tertiary/aromatic N) is 1. The van der Waals surface area contributed by atoms with Gasteiger partial charge in [-0.3, -0.25) is 5.41 Å². The fourth-order valence-corrected chi connectivity index (χ4v) is 2.98. The van der Waals surface area contributed by atoms with Crippen LogP contribution < -0.4 is 5.73 Å². The number of fused-ring (bicyclic) bond motifs is 1.